The Morgan fingerprint density at radius 3 is 2.69 bits per heavy atom. The third kappa shape index (κ3) is 2.86. The average Bonchev–Trinajstić information content (AvgIpc) is 2.19. The number of nitrogens with zero attached hydrogens (tertiary/aromatic N) is 1. The number of aromatic nitrogens is 1. The molecule has 0 saturated carbocycles. The predicted molar refractivity (Wildman–Crippen MR) is 49.3 cm³/mol. The summed E-state index contributed by atoms with van der Waals surface area (Å²) in [6, 6.07) is 3.82. The Hall–Kier alpha value is -1.38. The molecule has 3 heteroatoms. The van der Waals surface area contributed by atoms with Crippen LogP contribution < -0.4 is 0 Å². The van der Waals surface area contributed by atoms with Gasteiger partial charge in [-0.3, -0.25) is 9.78 Å². The molecule has 0 spiro atoms. The van der Waals surface area contributed by atoms with Gasteiger partial charge in [0.15, 0.2) is 0 Å². The van der Waals surface area contributed by atoms with Gasteiger partial charge in [0.05, 0.1) is 13.5 Å². The summed E-state index contributed by atoms with van der Waals surface area (Å²) in [6.07, 6.45) is 3.87. The van der Waals surface area contributed by atoms with E-state index in [-0.39, 0.29) is 11.9 Å². The van der Waals surface area contributed by atoms with Gasteiger partial charge in [-0.25, -0.2) is 0 Å². The van der Waals surface area contributed by atoms with Crippen LogP contribution in [0.25, 0.3) is 0 Å². The quantitative estimate of drug-likeness (QED) is 0.663. The maximum absolute atomic E-state index is 11.0. The fourth-order valence-electron chi connectivity index (χ4n) is 1.14. The molecule has 3 nitrogen and oxygen atoms in total. The number of rotatable bonds is 3. The first-order valence-electron chi connectivity index (χ1n) is 4.20. The molecule has 70 valence electrons. The minimum absolute atomic E-state index is 0.177. The molecule has 0 bridgehead atoms. The Balaban J connectivity index is 2.59. The number of methoxy groups -OCH3 is 1. The van der Waals surface area contributed by atoms with Crippen LogP contribution >= 0.6 is 0 Å². The lowest BCUT2D eigenvalue weighted by Gasteiger charge is -2.09. The van der Waals surface area contributed by atoms with Crippen molar-refractivity contribution in [3.63, 3.8) is 0 Å². The number of carbonyl (C=O) groups is 1. The third-order valence-electron chi connectivity index (χ3n) is 1.98. The first-order chi connectivity index (χ1) is 6.24. The number of esters is 1. The summed E-state index contributed by atoms with van der Waals surface area (Å²) < 4.78 is 4.59. The van der Waals surface area contributed by atoms with Crippen molar-refractivity contribution >= 4 is 5.97 Å². The van der Waals surface area contributed by atoms with Crippen LogP contribution in [0.5, 0.6) is 0 Å². The molecule has 1 rings (SSSR count). The average molecular weight is 179 g/mol. The highest BCUT2D eigenvalue weighted by Crippen LogP contribution is 2.17. The SMILES string of the molecule is COC(=O)C[C@H](C)c1ccncc1. The van der Waals surface area contributed by atoms with Crippen LogP contribution in [0.2, 0.25) is 0 Å². The summed E-state index contributed by atoms with van der Waals surface area (Å²) in [5, 5.41) is 0. The Morgan fingerprint density at radius 1 is 1.54 bits per heavy atom. The second-order valence-electron chi connectivity index (χ2n) is 2.96. The molecule has 1 atom stereocenters. The number of hydrogen-bond acceptors (Lipinski definition) is 3. The van der Waals surface area contributed by atoms with Crippen molar-refractivity contribution in [1.29, 1.82) is 0 Å². The molecule has 0 aliphatic carbocycles. The lowest BCUT2D eigenvalue weighted by atomic mass is 9.99. The highest BCUT2D eigenvalue weighted by molar-refractivity contribution is 5.70. The second-order valence-corrected chi connectivity index (χ2v) is 2.96. The maximum atomic E-state index is 11.0. The fourth-order valence-corrected chi connectivity index (χ4v) is 1.14. The molecule has 0 unspecified atom stereocenters. The van der Waals surface area contributed by atoms with Gasteiger partial charge in [0.2, 0.25) is 0 Å². The number of hydrogen-bond donors (Lipinski definition) is 0. The zero-order chi connectivity index (χ0) is 9.68. The van der Waals surface area contributed by atoms with Gasteiger partial charge in [0, 0.05) is 12.4 Å². The molecule has 0 saturated heterocycles. The number of pyridine rings is 1. The first-order valence-corrected chi connectivity index (χ1v) is 4.20. The highest BCUT2D eigenvalue weighted by atomic mass is 16.5. The van der Waals surface area contributed by atoms with Crippen LogP contribution in [0.1, 0.15) is 24.8 Å². The van der Waals surface area contributed by atoms with Crippen LogP contribution in [-0.4, -0.2) is 18.1 Å². The van der Waals surface area contributed by atoms with Gasteiger partial charge in [-0.05, 0) is 23.6 Å². The summed E-state index contributed by atoms with van der Waals surface area (Å²) in [4.78, 5) is 14.9. The zero-order valence-corrected chi connectivity index (χ0v) is 7.86. The monoisotopic (exact) mass is 179 g/mol. The molecule has 0 radical (unpaired) electrons. The van der Waals surface area contributed by atoms with Crippen LogP contribution in [-0.2, 0) is 9.53 Å². The van der Waals surface area contributed by atoms with Crippen molar-refractivity contribution in [3.05, 3.63) is 30.1 Å². The Bertz CT molecular complexity index is 272. The molecular weight excluding hydrogens is 166 g/mol. The van der Waals surface area contributed by atoms with Crippen LogP contribution in [0.4, 0.5) is 0 Å². The Labute approximate surface area is 77.8 Å². The van der Waals surface area contributed by atoms with Gasteiger partial charge in [-0.2, -0.15) is 0 Å². The van der Waals surface area contributed by atoms with E-state index in [9.17, 15) is 4.79 Å². The molecule has 1 heterocycles. The van der Waals surface area contributed by atoms with E-state index in [2.05, 4.69) is 9.72 Å². The lowest BCUT2D eigenvalue weighted by molar-refractivity contribution is -0.140. The van der Waals surface area contributed by atoms with Crippen molar-refractivity contribution in [2.45, 2.75) is 19.3 Å². The summed E-state index contributed by atoms with van der Waals surface area (Å²) in [5.74, 6) is 0.0137. The smallest absolute Gasteiger partial charge is 0.306 e. The first kappa shape index (κ1) is 9.71. The van der Waals surface area contributed by atoms with Crippen LogP contribution in [0.3, 0.4) is 0 Å². The summed E-state index contributed by atoms with van der Waals surface area (Å²) >= 11 is 0. The summed E-state index contributed by atoms with van der Waals surface area (Å²) in [6.45, 7) is 1.99. The Morgan fingerprint density at radius 2 is 2.15 bits per heavy atom. The van der Waals surface area contributed by atoms with Crippen molar-refractivity contribution in [2.75, 3.05) is 7.11 Å². The zero-order valence-electron chi connectivity index (χ0n) is 7.86. The fraction of sp³-hybridized carbons (Fsp3) is 0.400. The van der Waals surface area contributed by atoms with Gasteiger partial charge in [0.25, 0.3) is 0 Å². The van der Waals surface area contributed by atoms with E-state index in [0.29, 0.717) is 6.42 Å². The molecule has 1 aromatic rings. The molecule has 0 aliphatic heterocycles. The van der Waals surface area contributed by atoms with E-state index in [0.717, 1.165) is 5.56 Å². The highest BCUT2D eigenvalue weighted by Gasteiger charge is 2.10. The molecular formula is C10H13NO2. The van der Waals surface area contributed by atoms with E-state index in [1.54, 1.807) is 12.4 Å². The Kier molecular flexibility index (Phi) is 3.43. The predicted octanol–water partition coefficient (Wildman–Crippen LogP) is 1.75. The van der Waals surface area contributed by atoms with Crippen molar-refractivity contribution in [3.8, 4) is 0 Å². The molecule has 1 aromatic heterocycles. The van der Waals surface area contributed by atoms with Gasteiger partial charge in [-0.15, -0.1) is 0 Å². The van der Waals surface area contributed by atoms with E-state index in [1.807, 2.05) is 19.1 Å². The third-order valence-corrected chi connectivity index (χ3v) is 1.98. The van der Waals surface area contributed by atoms with Gasteiger partial charge in [0.1, 0.15) is 0 Å². The van der Waals surface area contributed by atoms with Crippen molar-refractivity contribution < 1.29 is 9.53 Å². The molecule has 0 fully saturated rings. The number of carbonyl (C=O) groups excluding carboxylic acids is 1. The molecule has 0 aliphatic rings. The van der Waals surface area contributed by atoms with Gasteiger partial charge in [-0.1, -0.05) is 6.92 Å². The lowest BCUT2D eigenvalue weighted by Crippen LogP contribution is -2.05. The van der Waals surface area contributed by atoms with Gasteiger partial charge >= 0.3 is 5.97 Å². The number of ether oxygens (including phenoxy) is 1. The van der Waals surface area contributed by atoms with Crippen LogP contribution in [0.15, 0.2) is 24.5 Å². The molecule has 0 aromatic carbocycles. The second kappa shape index (κ2) is 4.60. The van der Waals surface area contributed by atoms with Crippen molar-refractivity contribution in [2.24, 2.45) is 0 Å². The van der Waals surface area contributed by atoms with E-state index >= 15 is 0 Å². The van der Waals surface area contributed by atoms with E-state index in [4.69, 9.17) is 0 Å². The van der Waals surface area contributed by atoms with E-state index < -0.39 is 0 Å². The minimum Gasteiger partial charge on any atom is -0.469 e. The summed E-state index contributed by atoms with van der Waals surface area (Å²) in [5.41, 5.74) is 1.11. The van der Waals surface area contributed by atoms with Gasteiger partial charge < -0.3 is 4.74 Å². The topological polar surface area (TPSA) is 39.2 Å². The maximum Gasteiger partial charge on any atom is 0.306 e. The van der Waals surface area contributed by atoms with Crippen LogP contribution in [0, 0.1) is 0 Å². The van der Waals surface area contributed by atoms with E-state index in [1.165, 1.54) is 7.11 Å². The molecule has 13 heavy (non-hydrogen) atoms. The molecule has 0 N–H and O–H groups in total. The minimum atomic E-state index is -0.177. The summed E-state index contributed by atoms with van der Waals surface area (Å²) in [7, 11) is 1.40. The molecule has 0 amide bonds. The standard InChI is InChI=1S/C10H13NO2/c1-8(7-10(12)13-2)9-3-5-11-6-4-9/h3-6,8H,7H2,1-2H3/t8-/m0/s1. The van der Waals surface area contributed by atoms with Crippen molar-refractivity contribution in [1.82, 2.24) is 4.98 Å². The normalized spacial score (nSPS) is 12.2. The largest absolute Gasteiger partial charge is 0.469 e.